The Labute approximate surface area is 178 Å². The van der Waals surface area contributed by atoms with Crippen molar-refractivity contribution >= 4 is 27.9 Å². The first-order valence-electron chi connectivity index (χ1n) is 10.9. The van der Waals surface area contributed by atoms with Crippen LogP contribution < -0.4 is 0 Å². The van der Waals surface area contributed by atoms with E-state index in [2.05, 4.69) is 19.9 Å². The van der Waals surface area contributed by atoms with Crippen molar-refractivity contribution in [3.8, 4) is 0 Å². The van der Waals surface area contributed by atoms with E-state index in [-0.39, 0.29) is 11.1 Å². The topological polar surface area (TPSA) is 55.4 Å². The van der Waals surface area contributed by atoms with Gasteiger partial charge in [-0.3, -0.25) is 0 Å². The van der Waals surface area contributed by atoms with Crippen LogP contribution in [0.25, 0.3) is 0 Å². The third-order valence-electron chi connectivity index (χ3n) is 4.59. The largest absolute Gasteiger partial charge is 0.508 e. The van der Waals surface area contributed by atoms with Crippen molar-refractivity contribution in [3.63, 3.8) is 0 Å². The van der Waals surface area contributed by atoms with Gasteiger partial charge in [-0.05, 0) is 47.6 Å². The molecule has 0 heterocycles. The fourth-order valence-electron chi connectivity index (χ4n) is 3.45. The molecule has 0 aliphatic rings. The summed E-state index contributed by atoms with van der Waals surface area (Å²) in [6.07, 6.45) is 2.28. The number of hydrogen-bond acceptors (Lipinski definition) is 6. The van der Waals surface area contributed by atoms with Gasteiger partial charge in [-0.2, -0.15) is 0 Å². The van der Waals surface area contributed by atoms with Gasteiger partial charge in [0.2, 0.25) is 0 Å². The molecule has 0 bridgehead atoms. The van der Waals surface area contributed by atoms with Crippen molar-refractivity contribution in [3.05, 3.63) is 11.6 Å². The van der Waals surface area contributed by atoms with Crippen molar-refractivity contribution in [2.45, 2.75) is 72.5 Å². The van der Waals surface area contributed by atoms with Crippen LogP contribution in [0.3, 0.4) is 0 Å². The van der Waals surface area contributed by atoms with Gasteiger partial charge in [0, 0.05) is 61.0 Å². The Kier molecular flexibility index (Phi) is 15.1. The number of rotatable bonds is 17. The average molecular weight is 453 g/mol. The van der Waals surface area contributed by atoms with Gasteiger partial charge in [-0.15, -0.1) is 0 Å². The molecular weight excluding hydrogens is 408 g/mol. The lowest BCUT2D eigenvalue weighted by Gasteiger charge is -2.36. The minimum absolute atomic E-state index is 0.0512. The third kappa shape index (κ3) is 7.77. The lowest BCUT2D eigenvalue weighted by atomic mass is 10.2. The minimum Gasteiger partial charge on any atom is -0.373 e. The Hall–Kier alpha value is 0.151. The zero-order chi connectivity index (χ0) is 21.6. The van der Waals surface area contributed by atoms with E-state index in [1.165, 1.54) is 5.57 Å². The molecular formula is C19H44O6Si3. The molecule has 0 fully saturated rings. The van der Waals surface area contributed by atoms with Crippen molar-refractivity contribution < 1.29 is 26.6 Å². The maximum Gasteiger partial charge on any atom is 0.508 e. The van der Waals surface area contributed by atoms with Crippen LogP contribution in [-0.2, 0) is 26.6 Å². The summed E-state index contributed by atoms with van der Waals surface area (Å²) in [5.74, 6) is 0. The molecule has 2 atom stereocenters. The SMILES string of the molecule is CCO[Si](OCC)(OCC)C(C)C=C(C[SiH3])C(C)[Si](OCC)(OCC)OCC. The van der Waals surface area contributed by atoms with E-state index in [9.17, 15) is 0 Å². The smallest absolute Gasteiger partial charge is 0.373 e. The molecule has 0 N–H and O–H groups in total. The normalized spacial score (nSPS) is 15.8. The van der Waals surface area contributed by atoms with Crippen LogP contribution in [0.2, 0.25) is 17.1 Å². The quantitative estimate of drug-likeness (QED) is 0.248. The second-order valence-corrected chi connectivity index (χ2v) is 13.0. The highest BCUT2D eigenvalue weighted by molar-refractivity contribution is 6.64. The van der Waals surface area contributed by atoms with Gasteiger partial charge in [0.25, 0.3) is 0 Å². The summed E-state index contributed by atoms with van der Waals surface area (Å²) >= 11 is 0. The zero-order valence-corrected chi connectivity index (χ0v) is 23.6. The third-order valence-corrected chi connectivity index (χ3v) is 12.3. The predicted octanol–water partition coefficient (Wildman–Crippen LogP) is 3.57. The van der Waals surface area contributed by atoms with Crippen LogP contribution in [0.1, 0.15) is 55.4 Å². The maximum atomic E-state index is 6.15. The van der Waals surface area contributed by atoms with Gasteiger partial charge in [-0.25, -0.2) is 0 Å². The molecule has 0 aliphatic heterocycles. The van der Waals surface area contributed by atoms with E-state index in [4.69, 9.17) is 26.6 Å². The molecule has 0 radical (unpaired) electrons. The Bertz CT molecular complexity index is 402. The second kappa shape index (κ2) is 15.0. The summed E-state index contributed by atoms with van der Waals surface area (Å²) in [4.78, 5) is 0. The Morgan fingerprint density at radius 2 is 1.00 bits per heavy atom. The molecule has 2 unspecified atom stereocenters. The molecule has 168 valence electrons. The molecule has 0 aromatic carbocycles. The number of allylic oxidation sites excluding steroid dienone is 2. The van der Waals surface area contributed by atoms with Crippen LogP contribution in [0, 0.1) is 0 Å². The highest BCUT2D eigenvalue weighted by Gasteiger charge is 2.50. The van der Waals surface area contributed by atoms with Crippen molar-refractivity contribution in [1.82, 2.24) is 0 Å². The average Bonchev–Trinajstić information content (AvgIpc) is 2.66. The highest BCUT2D eigenvalue weighted by Crippen LogP contribution is 2.37. The van der Waals surface area contributed by atoms with Crippen molar-refractivity contribution in [2.75, 3.05) is 39.6 Å². The molecule has 0 saturated carbocycles. The van der Waals surface area contributed by atoms with Gasteiger partial charge in [0.05, 0.1) is 0 Å². The van der Waals surface area contributed by atoms with Crippen LogP contribution in [0.15, 0.2) is 11.6 Å². The minimum atomic E-state index is -2.82. The first kappa shape index (κ1) is 28.2. The fraction of sp³-hybridized carbons (Fsp3) is 0.895. The van der Waals surface area contributed by atoms with Gasteiger partial charge >= 0.3 is 17.6 Å². The Balaban J connectivity index is 5.97. The first-order chi connectivity index (χ1) is 13.4. The second-order valence-electron chi connectivity index (χ2n) is 6.41. The zero-order valence-electron chi connectivity index (χ0n) is 19.6. The van der Waals surface area contributed by atoms with E-state index < -0.39 is 17.6 Å². The van der Waals surface area contributed by atoms with Crippen LogP contribution in [0.4, 0.5) is 0 Å². The maximum absolute atomic E-state index is 6.15. The van der Waals surface area contributed by atoms with E-state index >= 15 is 0 Å². The summed E-state index contributed by atoms with van der Waals surface area (Å²) in [5, 5.41) is 0. The predicted molar refractivity (Wildman–Crippen MR) is 123 cm³/mol. The first-order valence-corrected chi connectivity index (χ1v) is 15.9. The highest BCUT2D eigenvalue weighted by atomic mass is 28.4. The molecule has 0 aromatic rings. The molecule has 0 aliphatic carbocycles. The molecule has 0 rings (SSSR count). The molecule has 0 saturated heterocycles. The molecule has 0 aromatic heterocycles. The van der Waals surface area contributed by atoms with Gasteiger partial charge in [0.1, 0.15) is 0 Å². The molecule has 0 spiro atoms. The van der Waals surface area contributed by atoms with Gasteiger partial charge in [0.15, 0.2) is 0 Å². The van der Waals surface area contributed by atoms with E-state index in [0.717, 1.165) is 16.3 Å². The Morgan fingerprint density at radius 3 is 1.29 bits per heavy atom. The molecule has 6 nitrogen and oxygen atoms in total. The summed E-state index contributed by atoms with van der Waals surface area (Å²) < 4.78 is 36.8. The van der Waals surface area contributed by atoms with E-state index in [1.54, 1.807) is 0 Å². The monoisotopic (exact) mass is 452 g/mol. The molecule has 0 amide bonds. The summed E-state index contributed by atoms with van der Waals surface area (Å²) in [5.41, 5.74) is 1.44. The summed E-state index contributed by atoms with van der Waals surface area (Å²) in [6, 6.07) is 1.02. The Morgan fingerprint density at radius 1 is 0.679 bits per heavy atom. The van der Waals surface area contributed by atoms with Gasteiger partial charge < -0.3 is 26.6 Å². The summed E-state index contributed by atoms with van der Waals surface area (Å²) in [6.45, 7) is 19.7. The van der Waals surface area contributed by atoms with E-state index in [1.807, 2.05) is 41.5 Å². The molecule has 9 heteroatoms. The fourth-order valence-corrected chi connectivity index (χ4v) is 10.3. The lowest BCUT2D eigenvalue weighted by Crippen LogP contribution is -2.51. The van der Waals surface area contributed by atoms with Crippen molar-refractivity contribution in [1.29, 1.82) is 0 Å². The lowest BCUT2D eigenvalue weighted by molar-refractivity contribution is 0.0638. The molecule has 28 heavy (non-hydrogen) atoms. The summed E-state index contributed by atoms with van der Waals surface area (Å²) in [7, 11) is -4.58. The van der Waals surface area contributed by atoms with E-state index in [0.29, 0.717) is 39.6 Å². The van der Waals surface area contributed by atoms with Gasteiger partial charge in [-0.1, -0.05) is 25.5 Å². The number of hydrogen-bond donors (Lipinski definition) is 0. The standard InChI is InChI=1S/C19H44O6Si3/c1-9-20-27(21-10-2,22-11-3)17(7)15-19(16-26)18(8)28(23-12-4,24-13-5)25-14-6/h15,17-18H,9-14,16H2,1-8,26H3. The van der Waals surface area contributed by atoms with Crippen molar-refractivity contribution in [2.24, 2.45) is 0 Å². The van der Waals surface area contributed by atoms with Crippen LogP contribution in [0.5, 0.6) is 0 Å². The van der Waals surface area contributed by atoms with Crippen LogP contribution in [-0.4, -0.2) is 67.5 Å². The van der Waals surface area contributed by atoms with Crippen LogP contribution >= 0.6 is 0 Å².